The van der Waals surface area contributed by atoms with Crippen LogP contribution in [0.4, 0.5) is 11.6 Å². The van der Waals surface area contributed by atoms with E-state index in [0.717, 1.165) is 0 Å². The number of carbonyl (C=O) groups is 2. The van der Waals surface area contributed by atoms with E-state index in [9.17, 15) is 9.59 Å². The Hall–Kier alpha value is -2.18. The minimum Gasteiger partial charge on any atom is -0.476 e. The number of hydrogen-bond donors (Lipinski definition) is 3. The van der Waals surface area contributed by atoms with Gasteiger partial charge in [-0.15, -0.1) is 0 Å². The molecule has 0 aliphatic rings. The first kappa shape index (κ1) is 8.91. The number of carboxylic acids is 1. The lowest BCUT2D eigenvalue weighted by molar-refractivity contribution is 0.0691. The van der Waals surface area contributed by atoms with Crippen LogP contribution >= 0.6 is 0 Å². The molecule has 0 saturated carbocycles. The Morgan fingerprint density at radius 3 is 2.38 bits per heavy atom. The molecule has 1 aromatic heterocycles. The zero-order chi connectivity index (χ0) is 10.0. The highest BCUT2D eigenvalue weighted by atomic mass is 16.4. The minimum atomic E-state index is -1.34. The fourth-order valence-electron chi connectivity index (χ4n) is 0.719. The molecule has 0 unspecified atom stereocenters. The fraction of sp³-hybridized carbons (Fsp3) is 0. The quantitative estimate of drug-likeness (QED) is 0.507. The summed E-state index contributed by atoms with van der Waals surface area (Å²) in [6, 6.07) is 0. The van der Waals surface area contributed by atoms with E-state index in [1.54, 1.807) is 0 Å². The number of nitrogens with two attached hydrogens (primary N) is 2. The zero-order valence-electron chi connectivity index (χ0n) is 6.39. The Morgan fingerprint density at radius 1 is 1.31 bits per heavy atom. The van der Waals surface area contributed by atoms with Crippen molar-refractivity contribution in [3.63, 3.8) is 0 Å². The third kappa shape index (κ3) is 1.53. The number of carboxylic acid groups (broad SMARTS) is 1. The molecular formula is C6H6N4O3. The number of aromatic nitrogens is 2. The Balaban J connectivity index is 3.36. The molecule has 0 aliphatic heterocycles. The number of carbonyl (C=O) groups excluding carboxylic acids is 1. The largest absolute Gasteiger partial charge is 0.476 e. The Bertz CT molecular complexity index is 376. The molecule has 0 fully saturated rings. The summed E-state index contributed by atoms with van der Waals surface area (Å²) in [7, 11) is 0. The van der Waals surface area contributed by atoms with Crippen LogP contribution in [0.15, 0.2) is 0 Å². The molecule has 7 nitrogen and oxygen atoms in total. The van der Waals surface area contributed by atoms with Crippen LogP contribution in [0.1, 0.15) is 21.0 Å². The van der Waals surface area contributed by atoms with E-state index in [1.807, 2.05) is 0 Å². The lowest BCUT2D eigenvalue weighted by atomic mass is 10.3. The molecule has 0 bridgehead atoms. The van der Waals surface area contributed by atoms with E-state index in [-0.39, 0.29) is 17.3 Å². The van der Waals surface area contributed by atoms with Gasteiger partial charge in [0.1, 0.15) is 5.69 Å². The highest BCUT2D eigenvalue weighted by molar-refractivity contribution is 5.92. The van der Waals surface area contributed by atoms with E-state index in [1.165, 1.54) is 0 Å². The van der Waals surface area contributed by atoms with Gasteiger partial charge in [-0.2, -0.15) is 0 Å². The predicted octanol–water partition coefficient (Wildman–Crippen LogP) is -0.848. The SMILES string of the molecule is Nc1nc(C(=O)O)c(N)nc1C=O. The summed E-state index contributed by atoms with van der Waals surface area (Å²) in [6.07, 6.45) is 0.352. The van der Waals surface area contributed by atoms with Crippen LogP contribution in [0.5, 0.6) is 0 Å². The van der Waals surface area contributed by atoms with Gasteiger partial charge in [0.05, 0.1) is 0 Å². The standard InChI is InChI=1S/C6H6N4O3/c7-4-2(1-11)9-5(8)3(10-4)6(12)13/h1H,(H2,7,10)(H2,8,9)(H,12,13). The number of hydrogen-bond acceptors (Lipinski definition) is 6. The van der Waals surface area contributed by atoms with E-state index in [0.29, 0.717) is 6.29 Å². The van der Waals surface area contributed by atoms with Crippen LogP contribution in [0, 0.1) is 0 Å². The smallest absolute Gasteiger partial charge is 0.358 e. The van der Waals surface area contributed by atoms with Gasteiger partial charge in [0.15, 0.2) is 23.6 Å². The normalized spacial score (nSPS) is 9.54. The number of nitrogen functional groups attached to an aromatic ring is 2. The lowest BCUT2D eigenvalue weighted by Crippen LogP contribution is -2.12. The summed E-state index contributed by atoms with van der Waals surface area (Å²) < 4.78 is 0. The molecular weight excluding hydrogens is 176 g/mol. The second kappa shape index (κ2) is 3.05. The number of anilines is 2. The number of aldehydes is 1. The topological polar surface area (TPSA) is 132 Å². The Kier molecular flexibility index (Phi) is 2.09. The van der Waals surface area contributed by atoms with E-state index >= 15 is 0 Å². The van der Waals surface area contributed by atoms with Gasteiger partial charge in [-0.3, -0.25) is 4.79 Å². The molecule has 0 spiro atoms. The van der Waals surface area contributed by atoms with Crippen molar-refractivity contribution in [2.75, 3.05) is 11.5 Å². The van der Waals surface area contributed by atoms with Crippen LogP contribution in [0.3, 0.4) is 0 Å². The highest BCUT2D eigenvalue weighted by Gasteiger charge is 2.14. The van der Waals surface area contributed by atoms with E-state index in [2.05, 4.69) is 9.97 Å². The van der Waals surface area contributed by atoms with Crippen molar-refractivity contribution in [2.45, 2.75) is 0 Å². The van der Waals surface area contributed by atoms with Gasteiger partial charge in [0.2, 0.25) is 0 Å². The van der Waals surface area contributed by atoms with Crippen molar-refractivity contribution >= 4 is 23.9 Å². The molecule has 5 N–H and O–H groups in total. The number of rotatable bonds is 2. The summed E-state index contributed by atoms with van der Waals surface area (Å²) in [6.45, 7) is 0. The molecule has 68 valence electrons. The Labute approximate surface area is 72.4 Å². The van der Waals surface area contributed by atoms with Gasteiger partial charge in [0, 0.05) is 0 Å². The lowest BCUT2D eigenvalue weighted by Gasteiger charge is -2.01. The molecule has 0 atom stereocenters. The van der Waals surface area contributed by atoms with Crippen LogP contribution in [0.2, 0.25) is 0 Å². The van der Waals surface area contributed by atoms with Crippen LogP contribution in [0.25, 0.3) is 0 Å². The van der Waals surface area contributed by atoms with Crippen molar-refractivity contribution in [2.24, 2.45) is 0 Å². The average Bonchev–Trinajstić information content (AvgIpc) is 2.07. The van der Waals surface area contributed by atoms with Crippen LogP contribution < -0.4 is 11.5 Å². The molecule has 1 heterocycles. The molecule has 1 rings (SSSR count). The van der Waals surface area contributed by atoms with Gasteiger partial charge in [-0.1, -0.05) is 0 Å². The monoisotopic (exact) mass is 182 g/mol. The summed E-state index contributed by atoms with van der Waals surface area (Å²) in [5.41, 5.74) is 9.79. The summed E-state index contributed by atoms with van der Waals surface area (Å²) in [5.74, 6) is -1.92. The van der Waals surface area contributed by atoms with Crippen molar-refractivity contribution in [1.82, 2.24) is 9.97 Å². The molecule has 0 amide bonds. The molecule has 0 radical (unpaired) electrons. The maximum Gasteiger partial charge on any atom is 0.358 e. The molecule has 7 heteroatoms. The van der Waals surface area contributed by atoms with Crippen molar-refractivity contribution in [3.05, 3.63) is 11.4 Å². The Morgan fingerprint density at radius 2 is 1.92 bits per heavy atom. The summed E-state index contributed by atoms with van der Waals surface area (Å²) >= 11 is 0. The average molecular weight is 182 g/mol. The second-order valence-corrected chi connectivity index (χ2v) is 2.15. The first-order chi connectivity index (χ1) is 6.06. The number of aromatic carboxylic acids is 1. The number of nitrogens with zero attached hydrogens (tertiary/aromatic N) is 2. The highest BCUT2D eigenvalue weighted by Crippen LogP contribution is 2.10. The molecule has 0 aliphatic carbocycles. The maximum atomic E-state index is 10.4. The van der Waals surface area contributed by atoms with Crippen molar-refractivity contribution < 1.29 is 14.7 Å². The van der Waals surface area contributed by atoms with Gasteiger partial charge in [0.25, 0.3) is 0 Å². The van der Waals surface area contributed by atoms with Crippen molar-refractivity contribution in [3.8, 4) is 0 Å². The third-order valence-corrected chi connectivity index (χ3v) is 1.29. The molecule has 13 heavy (non-hydrogen) atoms. The fourth-order valence-corrected chi connectivity index (χ4v) is 0.719. The summed E-state index contributed by atoms with van der Waals surface area (Å²) in [4.78, 5) is 27.6. The minimum absolute atomic E-state index is 0.164. The van der Waals surface area contributed by atoms with Gasteiger partial charge >= 0.3 is 5.97 Å². The molecule has 0 aromatic carbocycles. The zero-order valence-corrected chi connectivity index (χ0v) is 6.39. The van der Waals surface area contributed by atoms with E-state index in [4.69, 9.17) is 16.6 Å². The maximum absolute atomic E-state index is 10.4. The predicted molar refractivity (Wildman–Crippen MR) is 43.2 cm³/mol. The van der Waals surface area contributed by atoms with Crippen molar-refractivity contribution in [1.29, 1.82) is 0 Å². The first-order valence-electron chi connectivity index (χ1n) is 3.17. The van der Waals surface area contributed by atoms with Crippen LogP contribution in [-0.4, -0.2) is 27.3 Å². The van der Waals surface area contributed by atoms with Gasteiger partial charge in [-0.05, 0) is 0 Å². The molecule has 0 saturated heterocycles. The summed E-state index contributed by atoms with van der Waals surface area (Å²) in [5, 5.41) is 8.53. The second-order valence-electron chi connectivity index (χ2n) is 2.15. The van der Waals surface area contributed by atoms with E-state index < -0.39 is 11.7 Å². The molecule has 1 aromatic rings. The third-order valence-electron chi connectivity index (χ3n) is 1.29. The van der Waals surface area contributed by atoms with Crippen LogP contribution in [-0.2, 0) is 0 Å². The van der Waals surface area contributed by atoms with Gasteiger partial charge in [-0.25, -0.2) is 14.8 Å². The van der Waals surface area contributed by atoms with Gasteiger partial charge < -0.3 is 16.6 Å². The first-order valence-corrected chi connectivity index (χ1v) is 3.17.